The van der Waals surface area contributed by atoms with Gasteiger partial charge in [-0.25, -0.2) is 4.79 Å². The Morgan fingerprint density at radius 3 is 2.29 bits per heavy atom. The Kier molecular flexibility index (Phi) is 9.85. The number of ether oxygens (including phenoxy) is 1. The fourth-order valence-electron chi connectivity index (χ4n) is 4.35. The van der Waals surface area contributed by atoms with E-state index < -0.39 is 0 Å². The third-order valence-corrected chi connectivity index (χ3v) is 6.52. The maximum atomic E-state index is 12.5. The number of amides is 1. The number of benzene rings is 3. The molecule has 0 radical (unpaired) electrons. The molecule has 2 unspecified atom stereocenters. The molecule has 1 amide bonds. The first kappa shape index (κ1) is 26.0. The lowest BCUT2D eigenvalue weighted by molar-refractivity contribution is -0.134. The van der Waals surface area contributed by atoms with E-state index in [1.807, 2.05) is 48.5 Å². The smallest absolute Gasteiger partial charge is 0.330 e. The molecule has 35 heavy (non-hydrogen) atoms. The molecule has 2 atom stereocenters. The van der Waals surface area contributed by atoms with Gasteiger partial charge in [0.15, 0.2) is 0 Å². The summed E-state index contributed by atoms with van der Waals surface area (Å²) in [7, 11) is 1.38. The van der Waals surface area contributed by atoms with Crippen molar-refractivity contribution in [3.63, 3.8) is 0 Å². The molecule has 0 heterocycles. The Morgan fingerprint density at radius 2 is 1.60 bits per heavy atom. The lowest BCUT2D eigenvalue weighted by atomic mass is 9.80. The second-order valence-corrected chi connectivity index (χ2v) is 8.91. The van der Waals surface area contributed by atoms with E-state index in [4.69, 9.17) is 4.74 Å². The zero-order chi connectivity index (χ0) is 25.0. The van der Waals surface area contributed by atoms with Gasteiger partial charge in [0.25, 0.3) is 0 Å². The van der Waals surface area contributed by atoms with Crippen LogP contribution in [-0.2, 0) is 27.2 Å². The summed E-state index contributed by atoms with van der Waals surface area (Å²) in [6.45, 7) is 4.93. The van der Waals surface area contributed by atoms with Crippen molar-refractivity contribution in [1.82, 2.24) is 5.32 Å². The van der Waals surface area contributed by atoms with Crippen LogP contribution in [0, 0.1) is 6.92 Å². The Bertz CT molecular complexity index is 1120. The average Bonchev–Trinajstić information content (AvgIpc) is 2.88. The highest BCUT2D eigenvalue weighted by Crippen LogP contribution is 2.35. The van der Waals surface area contributed by atoms with Crippen molar-refractivity contribution < 1.29 is 14.3 Å². The van der Waals surface area contributed by atoms with Gasteiger partial charge in [0.1, 0.15) is 0 Å². The van der Waals surface area contributed by atoms with Gasteiger partial charge in [-0.05, 0) is 59.4 Å². The van der Waals surface area contributed by atoms with Crippen molar-refractivity contribution in [3.05, 3.63) is 119 Å². The van der Waals surface area contributed by atoms with Crippen LogP contribution in [-0.4, -0.2) is 25.5 Å². The lowest BCUT2D eigenvalue weighted by Crippen LogP contribution is -2.27. The van der Waals surface area contributed by atoms with E-state index in [2.05, 4.69) is 55.6 Å². The molecule has 0 aliphatic heterocycles. The molecule has 1 N–H and O–H groups in total. The third-order valence-electron chi connectivity index (χ3n) is 6.52. The van der Waals surface area contributed by atoms with Crippen molar-refractivity contribution >= 4 is 11.9 Å². The van der Waals surface area contributed by atoms with Crippen molar-refractivity contribution in [3.8, 4) is 0 Å². The standard InChI is InChI=1S/C31H35NO3/c1-23-10-7-8-11-26(23)20-21-32-30(33)22-25-16-18-28(19-17-25)29(14-9-15-31(34)35-3)24(2)27-12-5-4-6-13-27/h4-13,15-19,24,29H,14,20-22H2,1-3H3,(H,32,33)/b15-9+. The number of carbonyl (C=O) groups is 2. The van der Waals surface area contributed by atoms with Gasteiger partial charge in [-0.15, -0.1) is 0 Å². The molecule has 0 spiro atoms. The van der Waals surface area contributed by atoms with E-state index in [0.717, 1.165) is 12.0 Å². The Hall–Kier alpha value is -3.66. The minimum Gasteiger partial charge on any atom is -0.466 e. The predicted octanol–water partition coefficient (Wildman–Crippen LogP) is 5.90. The van der Waals surface area contributed by atoms with E-state index >= 15 is 0 Å². The molecule has 0 saturated heterocycles. The van der Waals surface area contributed by atoms with Crippen LogP contribution in [0.2, 0.25) is 0 Å². The second-order valence-electron chi connectivity index (χ2n) is 8.91. The summed E-state index contributed by atoms with van der Waals surface area (Å²) < 4.78 is 4.73. The minimum absolute atomic E-state index is 0.0292. The largest absolute Gasteiger partial charge is 0.466 e. The first-order valence-corrected chi connectivity index (χ1v) is 12.2. The summed E-state index contributed by atoms with van der Waals surface area (Å²) >= 11 is 0. The number of methoxy groups -OCH3 is 1. The lowest BCUT2D eigenvalue weighted by Gasteiger charge is -2.24. The van der Waals surface area contributed by atoms with Gasteiger partial charge in [-0.2, -0.15) is 0 Å². The molecule has 0 bridgehead atoms. The Balaban J connectivity index is 1.63. The minimum atomic E-state index is -0.347. The van der Waals surface area contributed by atoms with Gasteiger partial charge in [0, 0.05) is 12.6 Å². The third kappa shape index (κ3) is 7.96. The second kappa shape index (κ2) is 13.3. The van der Waals surface area contributed by atoms with Crippen LogP contribution in [0.4, 0.5) is 0 Å². The molecular formula is C31H35NO3. The van der Waals surface area contributed by atoms with Crippen LogP contribution in [0.3, 0.4) is 0 Å². The highest BCUT2D eigenvalue weighted by Gasteiger charge is 2.20. The van der Waals surface area contributed by atoms with Crippen molar-refractivity contribution in [1.29, 1.82) is 0 Å². The molecule has 3 aromatic rings. The first-order chi connectivity index (χ1) is 17.0. The van der Waals surface area contributed by atoms with Gasteiger partial charge in [-0.3, -0.25) is 4.79 Å². The van der Waals surface area contributed by atoms with Gasteiger partial charge >= 0.3 is 5.97 Å². The maximum absolute atomic E-state index is 12.5. The number of esters is 1. The number of hydrogen-bond acceptors (Lipinski definition) is 3. The molecule has 0 aromatic heterocycles. The molecule has 0 saturated carbocycles. The van der Waals surface area contributed by atoms with E-state index in [1.165, 1.54) is 35.4 Å². The van der Waals surface area contributed by atoms with Crippen molar-refractivity contribution in [2.75, 3.05) is 13.7 Å². The van der Waals surface area contributed by atoms with Crippen LogP contribution in [0.25, 0.3) is 0 Å². The topological polar surface area (TPSA) is 55.4 Å². The van der Waals surface area contributed by atoms with Crippen LogP contribution in [0.15, 0.2) is 91.0 Å². The van der Waals surface area contributed by atoms with E-state index in [9.17, 15) is 9.59 Å². The fraction of sp³-hybridized carbons (Fsp3) is 0.290. The zero-order valence-corrected chi connectivity index (χ0v) is 20.9. The number of nitrogens with one attached hydrogen (secondary N) is 1. The summed E-state index contributed by atoms with van der Waals surface area (Å²) in [5, 5.41) is 3.04. The molecule has 3 aromatic carbocycles. The molecule has 182 valence electrons. The summed E-state index contributed by atoms with van der Waals surface area (Å²) in [6.07, 6.45) is 5.26. The molecule has 4 heteroatoms. The maximum Gasteiger partial charge on any atom is 0.330 e. The van der Waals surface area contributed by atoms with Crippen LogP contribution < -0.4 is 5.32 Å². The molecule has 3 rings (SSSR count). The first-order valence-electron chi connectivity index (χ1n) is 12.2. The molecule has 4 nitrogen and oxygen atoms in total. The monoisotopic (exact) mass is 469 g/mol. The van der Waals surface area contributed by atoms with Crippen LogP contribution >= 0.6 is 0 Å². The van der Waals surface area contributed by atoms with E-state index in [0.29, 0.717) is 19.4 Å². The van der Waals surface area contributed by atoms with Gasteiger partial charge in [0.2, 0.25) is 5.91 Å². The van der Waals surface area contributed by atoms with E-state index in [1.54, 1.807) is 0 Å². The van der Waals surface area contributed by atoms with E-state index in [-0.39, 0.29) is 23.7 Å². The fourth-order valence-corrected chi connectivity index (χ4v) is 4.35. The molecule has 0 fully saturated rings. The highest BCUT2D eigenvalue weighted by molar-refractivity contribution is 5.81. The highest BCUT2D eigenvalue weighted by atomic mass is 16.5. The SMILES string of the molecule is COC(=O)/C=C/CC(c1ccc(CC(=O)NCCc2ccccc2C)cc1)C(C)c1ccccc1. The summed E-state index contributed by atoms with van der Waals surface area (Å²) in [6, 6.07) is 26.9. The van der Waals surface area contributed by atoms with Gasteiger partial charge in [0.05, 0.1) is 13.5 Å². The van der Waals surface area contributed by atoms with Crippen LogP contribution in [0.5, 0.6) is 0 Å². The number of allylic oxidation sites excluding steroid dienone is 1. The average molecular weight is 470 g/mol. The van der Waals surface area contributed by atoms with Crippen molar-refractivity contribution in [2.24, 2.45) is 0 Å². The number of aryl methyl sites for hydroxylation is 1. The summed E-state index contributed by atoms with van der Waals surface area (Å²) in [5.41, 5.74) is 5.93. The van der Waals surface area contributed by atoms with Crippen LogP contribution in [0.1, 0.15) is 53.0 Å². The summed E-state index contributed by atoms with van der Waals surface area (Å²) in [5.74, 6) is 0.130. The molecule has 0 aliphatic rings. The zero-order valence-electron chi connectivity index (χ0n) is 20.9. The predicted molar refractivity (Wildman–Crippen MR) is 141 cm³/mol. The number of hydrogen-bond donors (Lipinski definition) is 1. The number of carbonyl (C=O) groups excluding carboxylic acids is 2. The van der Waals surface area contributed by atoms with Gasteiger partial charge in [-0.1, -0.05) is 91.9 Å². The number of rotatable bonds is 11. The normalized spacial score (nSPS) is 12.8. The Morgan fingerprint density at radius 1 is 0.914 bits per heavy atom. The quantitative estimate of drug-likeness (QED) is 0.281. The van der Waals surface area contributed by atoms with Gasteiger partial charge < -0.3 is 10.1 Å². The summed E-state index contributed by atoms with van der Waals surface area (Å²) in [4.78, 5) is 24.0. The van der Waals surface area contributed by atoms with Crippen molar-refractivity contribution in [2.45, 2.75) is 44.9 Å². The molecular weight excluding hydrogens is 434 g/mol. The Labute approximate surface area is 209 Å². The molecule has 0 aliphatic carbocycles.